The van der Waals surface area contributed by atoms with E-state index in [0.29, 0.717) is 43.1 Å². The minimum absolute atomic E-state index is 0.0715. The molecule has 0 unspecified atom stereocenters. The summed E-state index contributed by atoms with van der Waals surface area (Å²) in [6.07, 6.45) is 2.72. The fourth-order valence-corrected chi connectivity index (χ4v) is 6.37. The molecule has 0 bridgehead atoms. The van der Waals surface area contributed by atoms with E-state index in [1.807, 2.05) is 26.8 Å². The Morgan fingerprint density at radius 2 is 1.93 bits per heavy atom. The fraction of sp³-hybridized carbons (Fsp3) is 0.467. The van der Waals surface area contributed by atoms with Gasteiger partial charge in [0.05, 0.1) is 24.0 Å². The van der Waals surface area contributed by atoms with Crippen molar-refractivity contribution < 1.29 is 22.7 Å². The van der Waals surface area contributed by atoms with Crippen LogP contribution in [0.3, 0.4) is 0 Å². The van der Waals surface area contributed by atoms with Crippen molar-refractivity contribution in [1.29, 1.82) is 0 Å². The summed E-state index contributed by atoms with van der Waals surface area (Å²) in [5.41, 5.74) is 7.87. The summed E-state index contributed by atoms with van der Waals surface area (Å²) < 4.78 is 37.4. The summed E-state index contributed by atoms with van der Waals surface area (Å²) in [5.74, 6) is 0.125. The molecule has 1 saturated heterocycles. The van der Waals surface area contributed by atoms with Gasteiger partial charge in [-0.1, -0.05) is 13.0 Å². The van der Waals surface area contributed by atoms with Crippen LogP contribution in [-0.4, -0.2) is 66.3 Å². The van der Waals surface area contributed by atoms with Gasteiger partial charge in [0.15, 0.2) is 10.8 Å². The second-order valence-electron chi connectivity index (χ2n) is 11.5. The van der Waals surface area contributed by atoms with Crippen LogP contribution >= 0.6 is 0 Å². The molecule has 10 nitrogen and oxygen atoms in total. The van der Waals surface area contributed by atoms with Crippen LogP contribution < -0.4 is 15.4 Å². The van der Waals surface area contributed by atoms with Crippen molar-refractivity contribution in [2.24, 2.45) is 5.92 Å². The summed E-state index contributed by atoms with van der Waals surface area (Å²) in [7, 11) is -4.02. The molecule has 41 heavy (non-hydrogen) atoms. The lowest BCUT2D eigenvalue weighted by atomic mass is 9.97. The molecule has 1 aliphatic rings. The number of hydrogen-bond acceptors (Lipinski definition) is 10. The highest BCUT2D eigenvalue weighted by atomic mass is 32.2. The maximum Gasteiger partial charge on any atom is 0.216 e. The van der Waals surface area contributed by atoms with E-state index in [1.165, 1.54) is 18.2 Å². The lowest BCUT2D eigenvalue weighted by Gasteiger charge is -2.34. The molecule has 0 radical (unpaired) electrons. The van der Waals surface area contributed by atoms with Crippen molar-refractivity contribution >= 4 is 27.3 Å². The Kier molecular flexibility index (Phi) is 8.98. The summed E-state index contributed by atoms with van der Waals surface area (Å²) >= 11 is 0. The van der Waals surface area contributed by atoms with Crippen molar-refractivity contribution in [3.8, 4) is 17.1 Å². The van der Waals surface area contributed by atoms with E-state index < -0.39 is 21.4 Å². The first-order valence-electron chi connectivity index (χ1n) is 13.8. The molecular formula is C30H39N5O5S. The van der Waals surface area contributed by atoms with Gasteiger partial charge in [-0.25, -0.2) is 23.4 Å². The minimum Gasteiger partial charge on any atom is -0.475 e. The van der Waals surface area contributed by atoms with E-state index in [4.69, 9.17) is 20.2 Å². The van der Waals surface area contributed by atoms with Gasteiger partial charge in [-0.2, -0.15) is 0 Å². The number of ether oxygens (including phenoxy) is 2. The molecule has 0 saturated carbocycles. The zero-order valence-corrected chi connectivity index (χ0v) is 25.4. The number of nitrogens with zero attached hydrogens (tertiary/aromatic N) is 4. The van der Waals surface area contributed by atoms with Gasteiger partial charge in [-0.05, 0) is 77.3 Å². The van der Waals surface area contributed by atoms with Crippen LogP contribution in [-0.2, 0) is 14.6 Å². The molecular weight excluding hydrogens is 542 g/mol. The molecule has 4 heterocycles. The van der Waals surface area contributed by atoms with Gasteiger partial charge < -0.3 is 20.1 Å². The molecule has 1 aliphatic heterocycles. The van der Waals surface area contributed by atoms with Crippen molar-refractivity contribution in [2.75, 3.05) is 36.1 Å². The third-order valence-corrected chi connectivity index (χ3v) is 8.50. The molecule has 0 amide bonds. The Bertz CT molecular complexity index is 1520. The Morgan fingerprint density at radius 1 is 1.17 bits per heavy atom. The van der Waals surface area contributed by atoms with E-state index in [9.17, 15) is 13.2 Å². The number of aryl methyl sites for hydroxylation is 1. The number of nitrogen functional groups attached to an aromatic ring is 1. The lowest BCUT2D eigenvalue weighted by Crippen LogP contribution is -2.40. The van der Waals surface area contributed by atoms with Crippen molar-refractivity contribution in [3.63, 3.8) is 0 Å². The standard InChI is InChI=1S/C30H39N5O5S/c1-19(2)39-12-13-40-29-21(4)14-22(16-32-29)24-11-10-23(28(33-24)35-17-20(3)15-30(35,5)6)25(36)18-41(37,38)27-9-7-8-26(31)34-27/h7-11,14,16,19-20H,12-13,15,17-18H2,1-6H3,(H2,31,34)/t20-/m0/s1. The molecule has 0 aliphatic carbocycles. The van der Waals surface area contributed by atoms with Crippen LogP contribution in [0.1, 0.15) is 57.0 Å². The molecule has 220 valence electrons. The molecule has 1 fully saturated rings. The number of Topliss-reactive ketones (excluding diaryl/α,β-unsaturated/α-hetero) is 1. The van der Waals surface area contributed by atoms with Gasteiger partial charge in [-0.15, -0.1) is 0 Å². The Hall–Kier alpha value is -3.57. The number of hydrogen-bond donors (Lipinski definition) is 1. The van der Waals surface area contributed by atoms with Crippen LogP contribution in [0.15, 0.2) is 47.6 Å². The maximum atomic E-state index is 13.6. The number of carbonyl (C=O) groups excluding carboxylic acids is 1. The average Bonchev–Trinajstić information content (AvgIpc) is 3.18. The van der Waals surface area contributed by atoms with Gasteiger partial charge in [0.1, 0.15) is 24.0 Å². The van der Waals surface area contributed by atoms with Crippen molar-refractivity contribution in [1.82, 2.24) is 15.0 Å². The highest BCUT2D eigenvalue weighted by Crippen LogP contribution is 2.38. The summed E-state index contributed by atoms with van der Waals surface area (Å²) in [6.45, 7) is 13.8. The van der Waals surface area contributed by atoms with E-state index in [0.717, 1.165) is 17.5 Å². The normalized spacial score (nSPS) is 16.8. The Morgan fingerprint density at radius 3 is 2.56 bits per heavy atom. The molecule has 11 heteroatoms. The fourth-order valence-electron chi connectivity index (χ4n) is 5.20. The van der Waals surface area contributed by atoms with Gasteiger partial charge in [0.2, 0.25) is 15.7 Å². The second-order valence-corrected chi connectivity index (χ2v) is 13.4. The number of carbonyl (C=O) groups is 1. The van der Waals surface area contributed by atoms with E-state index >= 15 is 0 Å². The molecule has 4 rings (SSSR count). The van der Waals surface area contributed by atoms with Crippen LogP contribution in [0.2, 0.25) is 0 Å². The van der Waals surface area contributed by atoms with Crippen LogP contribution in [0.4, 0.5) is 11.6 Å². The van der Waals surface area contributed by atoms with Gasteiger partial charge in [0, 0.05) is 29.4 Å². The maximum absolute atomic E-state index is 13.6. The number of rotatable bonds is 11. The third-order valence-electron chi connectivity index (χ3n) is 6.99. The average molecular weight is 582 g/mol. The van der Waals surface area contributed by atoms with Crippen molar-refractivity contribution in [2.45, 2.75) is 64.6 Å². The number of ketones is 1. The largest absolute Gasteiger partial charge is 0.475 e. The topological polar surface area (TPSA) is 138 Å². The predicted molar refractivity (Wildman–Crippen MR) is 159 cm³/mol. The smallest absolute Gasteiger partial charge is 0.216 e. The quantitative estimate of drug-likeness (QED) is 0.254. The Labute approximate surface area is 242 Å². The highest BCUT2D eigenvalue weighted by Gasteiger charge is 2.39. The molecule has 3 aromatic heterocycles. The molecule has 2 N–H and O–H groups in total. The number of pyridine rings is 3. The van der Waals surface area contributed by atoms with E-state index in [2.05, 4.69) is 35.6 Å². The molecule has 0 spiro atoms. The highest BCUT2D eigenvalue weighted by molar-refractivity contribution is 7.92. The number of sulfone groups is 1. The first-order chi connectivity index (χ1) is 19.3. The van der Waals surface area contributed by atoms with E-state index in [1.54, 1.807) is 18.3 Å². The minimum atomic E-state index is -4.02. The molecule has 3 aromatic rings. The first-order valence-corrected chi connectivity index (χ1v) is 15.4. The first kappa shape index (κ1) is 30.4. The number of nitrogens with two attached hydrogens (primary N) is 1. The predicted octanol–water partition coefficient (Wildman–Crippen LogP) is 4.51. The molecule has 0 aromatic carbocycles. The van der Waals surface area contributed by atoms with Crippen LogP contribution in [0.5, 0.6) is 5.88 Å². The van der Waals surface area contributed by atoms with Crippen LogP contribution in [0, 0.1) is 12.8 Å². The Balaban J connectivity index is 1.67. The second kappa shape index (κ2) is 12.1. The van der Waals surface area contributed by atoms with Gasteiger partial charge in [0.25, 0.3) is 0 Å². The van der Waals surface area contributed by atoms with E-state index in [-0.39, 0.29) is 28.1 Å². The van der Waals surface area contributed by atoms with Crippen molar-refractivity contribution in [3.05, 3.63) is 53.7 Å². The SMILES string of the molecule is Cc1cc(-c2ccc(C(=O)CS(=O)(=O)c3cccc(N)n3)c(N3C[C@@H](C)CC3(C)C)n2)cnc1OCCOC(C)C. The lowest BCUT2D eigenvalue weighted by molar-refractivity contribution is 0.0541. The summed E-state index contributed by atoms with van der Waals surface area (Å²) in [5, 5.41) is -0.230. The zero-order valence-electron chi connectivity index (χ0n) is 24.5. The number of anilines is 2. The number of aromatic nitrogens is 3. The monoisotopic (exact) mass is 581 g/mol. The third kappa shape index (κ3) is 7.20. The van der Waals surface area contributed by atoms with Crippen LogP contribution in [0.25, 0.3) is 11.3 Å². The van der Waals surface area contributed by atoms with Gasteiger partial charge >= 0.3 is 0 Å². The zero-order chi connectivity index (χ0) is 29.9. The summed E-state index contributed by atoms with van der Waals surface area (Å²) in [4.78, 5) is 29.0. The summed E-state index contributed by atoms with van der Waals surface area (Å²) in [6, 6.07) is 9.65. The van der Waals surface area contributed by atoms with Gasteiger partial charge in [-0.3, -0.25) is 4.79 Å². The molecule has 1 atom stereocenters.